The van der Waals surface area contributed by atoms with Crippen molar-refractivity contribution in [2.45, 2.75) is 0 Å². The van der Waals surface area contributed by atoms with Crippen molar-refractivity contribution in [1.29, 1.82) is 0 Å². The first-order valence-corrected chi connectivity index (χ1v) is 4.38. The van der Waals surface area contributed by atoms with E-state index in [0.717, 1.165) is 0 Å². The van der Waals surface area contributed by atoms with E-state index in [0.29, 0.717) is 0 Å². The largest absolute Gasteiger partial charge is 2.00 e. The molecule has 0 saturated carbocycles. The van der Waals surface area contributed by atoms with Crippen molar-refractivity contribution in [1.82, 2.24) is 0 Å². The summed E-state index contributed by atoms with van der Waals surface area (Å²) >= 11 is 0. The molecule has 0 radical (unpaired) electrons. The van der Waals surface area contributed by atoms with Gasteiger partial charge in [0.1, 0.15) is 0 Å². The minimum absolute atomic E-state index is 0. The smallest absolute Gasteiger partial charge is 0.822 e. The van der Waals surface area contributed by atoms with Gasteiger partial charge in [-0.25, -0.2) is 0 Å². The third kappa shape index (κ3) is 2140. The number of phosphoric acid groups is 2. The van der Waals surface area contributed by atoms with Gasteiger partial charge in [-0.05, 0) is 0 Å². The van der Waals surface area contributed by atoms with Crippen LogP contribution in [-0.2, 0) is 67.6 Å². The molecular formula is H14O15P2Zn3. The zero-order chi connectivity index (χ0) is 9.00. The van der Waals surface area contributed by atoms with Crippen molar-refractivity contribution in [3.8, 4) is 0 Å². The molecule has 20 heteroatoms. The van der Waals surface area contributed by atoms with Crippen LogP contribution in [0.5, 0.6) is 0 Å². The molecule has 0 atom stereocenters. The maximum atomic E-state index is 8.55. The van der Waals surface area contributed by atoms with Gasteiger partial charge in [-0.3, -0.25) is 0 Å². The fraction of sp³-hybridized carbons (Fsp3) is 0. The van der Waals surface area contributed by atoms with Crippen LogP contribution in [0, 0.1) is 0 Å². The van der Waals surface area contributed by atoms with Crippen LogP contribution in [0.25, 0.3) is 0 Å². The van der Waals surface area contributed by atoms with E-state index in [4.69, 9.17) is 38.5 Å². The topological polar surface area (TPSA) is 393 Å². The van der Waals surface area contributed by atoms with Crippen molar-refractivity contribution < 1.29 is 135 Å². The Labute approximate surface area is 150 Å². The fourth-order valence-electron chi connectivity index (χ4n) is 0. The Balaban J connectivity index is -0.00000000427. The van der Waals surface area contributed by atoms with E-state index in [9.17, 15) is 0 Å². The Kier molecular flexibility index (Phi) is 210. The maximum Gasteiger partial charge on any atom is 2.00 e. The predicted octanol–water partition coefficient (Wildman–Crippen LogP) is -11.4. The van der Waals surface area contributed by atoms with Crippen molar-refractivity contribution in [3.05, 3.63) is 0 Å². The third-order valence-corrected chi connectivity index (χ3v) is 0. The molecule has 0 aromatic heterocycles. The molecule has 20 heavy (non-hydrogen) atoms. The van der Waals surface area contributed by atoms with Crippen LogP contribution >= 0.6 is 15.6 Å². The first-order valence-electron chi connectivity index (χ1n) is 1.46. The Morgan fingerprint density at radius 3 is 0.400 bits per heavy atom. The summed E-state index contributed by atoms with van der Waals surface area (Å²) in [6.07, 6.45) is 0. The van der Waals surface area contributed by atoms with Crippen LogP contribution in [-0.4, -0.2) is 38.3 Å². The molecule has 0 bridgehead atoms. The Hall–Kier alpha value is 1.81. The standard InChI is InChI=1S/2H3O4P.7H2O.3Zn/c2*1-5(2,3)4;;;;;;;;;;/h2*(H3,1,2,3,4);7*1H2;;;/q;;;;;;;;;3*+2/p-6. The normalized spacial score (nSPS) is 5.90. The summed E-state index contributed by atoms with van der Waals surface area (Å²) in [4.78, 5) is 51.3. The monoisotopic (exact) mass is 508 g/mol. The van der Waals surface area contributed by atoms with Gasteiger partial charge in [-0.15, -0.1) is 0 Å². The van der Waals surface area contributed by atoms with Crippen molar-refractivity contribution in [2.75, 3.05) is 0 Å². The zero-order valence-corrected chi connectivity index (χ0v) is 20.5. The van der Waals surface area contributed by atoms with Crippen LogP contribution in [0.4, 0.5) is 0 Å². The van der Waals surface area contributed by atoms with Crippen LogP contribution in [0.2, 0.25) is 0 Å². The van der Waals surface area contributed by atoms with Crippen molar-refractivity contribution >= 4 is 15.6 Å². The fourth-order valence-corrected chi connectivity index (χ4v) is 0. The van der Waals surface area contributed by atoms with E-state index >= 15 is 0 Å². The summed E-state index contributed by atoms with van der Waals surface area (Å²) in [7, 11) is -10.8. The summed E-state index contributed by atoms with van der Waals surface area (Å²) in [6.45, 7) is 0. The summed E-state index contributed by atoms with van der Waals surface area (Å²) in [5.41, 5.74) is 0. The molecule has 0 aliphatic heterocycles. The van der Waals surface area contributed by atoms with Gasteiger partial charge in [0.05, 0.1) is 0 Å². The van der Waals surface area contributed by atoms with Gasteiger partial charge in [0.25, 0.3) is 0 Å². The average Bonchev–Trinajstić information content (AvgIpc) is 1.12. The molecule has 120 valence electrons. The second-order valence-electron chi connectivity index (χ2n) is 0.894. The molecular weight excluding hydrogens is 498 g/mol. The molecule has 0 heterocycles. The summed E-state index contributed by atoms with van der Waals surface area (Å²) in [5.74, 6) is 0. The number of rotatable bonds is 0. The van der Waals surface area contributed by atoms with Gasteiger partial charge in [-0.1, -0.05) is 0 Å². The molecule has 0 aliphatic carbocycles. The van der Waals surface area contributed by atoms with Crippen LogP contribution in [0.3, 0.4) is 0 Å². The summed E-state index contributed by atoms with van der Waals surface area (Å²) < 4.78 is 17.1. The van der Waals surface area contributed by atoms with Gasteiger partial charge in [0, 0.05) is 0 Å². The van der Waals surface area contributed by atoms with Gasteiger partial charge in [0.15, 0.2) is 0 Å². The van der Waals surface area contributed by atoms with Crippen LogP contribution in [0.15, 0.2) is 0 Å². The van der Waals surface area contributed by atoms with Gasteiger partial charge in [-0.2, -0.15) is 15.6 Å². The molecule has 0 amide bonds. The predicted molar refractivity (Wildman–Crippen MR) is 40.5 cm³/mol. The van der Waals surface area contributed by atoms with Gasteiger partial charge in [0.2, 0.25) is 0 Å². The Bertz CT molecular complexity index is 133. The molecule has 0 spiro atoms. The SMILES string of the molecule is O.O.O.O.O.O.O.O=P([O-])([O-])[O-].O=P([O-])([O-])[O-].[Zn+2].[Zn+2].[Zn+2]. The minimum Gasteiger partial charge on any atom is -0.822 e. The maximum absolute atomic E-state index is 8.55. The van der Waals surface area contributed by atoms with E-state index in [1.54, 1.807) is 0 Å². The molecule has 15 nitrogen and oxygen atoms in total. The van der Waals surface area contributed by atoms with E-state index in [1.165, 1.54) is 0 Å². The van der Waals surface area contributed by atoms with E-state index < -0.39 is 15.6 Å². The summed E-state index contributed by atoms with van der Waals surface area (Å²) in [5, 5.41) is 0. The molecule has 0 rings (SSSR count). The van der Waals surface area contributed by atoms with E-state index in [2.05, 4.69) is 0 Å². The number of hydrogen-bond acceptors (Lipinski definition) is 8. The van der Waals surface area contributed by atoms with Crippen molar-refractivity contribution in [3.63, 3.8) is 0 Å². The molecule has 0 fully saturated rings. The molecule has 0 saturated heterocycles. The third-order valence-electron chi connectivity index (χ3n) is 0. The zero-order valence-electron chi connectivity index (χ0n) is 9.78. The van der Waals surface area contributed by atoms with Crippen molar-refractivity contribution in [2.24, 2.45) is 0 Å². The first kappa shape index (κ1) is 98.1. The van der Waals surface area contributed by atoms with Gasteiger partial charge >= 0.3 is 58.4 Å². The molecule has 0 aromatic rings. The Morgan fingerprint density at radius 2 is 0.400 bits per heavy atom. The molecule has 0 unspecified atom stereocenters. The molecule has 0 aliphatic rings. The molecule has 0 aromatic carbocycles. The quantitative estimate of drug-likeness (QED) is 0.221. The number of hydrogen-bond donors (Lipinski definition) is 0. The van der Waals surface area contributed by atoms with E-state index in [-0.39, 0.29) is 96.8 Å². The Morgan fingerprint density at radius 1 is 0.400 bits per heavy atom. The van der Waals surface area contributed by atoms with Crippen LogP contribution in [0.1, 0.15) is 0 Å². The first-order chi connectivity index (χ1) is 4.00. The van der Waals surface area contributed by atoms with Gasteiger partial charge < -0.3 is 76.8 Å². The second-order valence-corrected chi connectivity index (χ2v) is 2.68. The second kappa shape index (κ2) is 42.8. The molecule has 14 N–H and O–H groups in total. The van der Waals surface area contributed by atoms with E-state index in [1.807, 2.05) is 0 Å². The minimum atomic E-state index is -5.39. The average molecular weight is 512 g/mol. The van der Waals surface area contributed by atoms with Crippen LogP contribution < -0.4 is 29.4 Å². The summed E-state index contributed by atoms with van der Waals surface area (Å²) in [6, 6.07) is 0.